The van der Waals surface area contributed by atoms with Gasteiger partial charge in [-0.05, 0) is 74.6 Å². The minimum absolute atomic E-state index is 0.0479. The predicted molar refractivity (Wildman–Crippen MR) is 206 cm³/mol. The predicted octanol–water partition coefficient (Wildman–Crippen LogP) is 4.65. The van der Waals surface area contributed by atoms with E-state index in [1.54, 1.807) is 58.9 Å². The summed E-state index contributed by atoms with van der Waals surface area (Å²) in [6.07, 6.45) is -2.62. The molecule has 57 heavy (non-hydrogen) atoms. The third-order valence-corrected chi connectivity index (χ3v) is 13.5. The van der Waals surface area contributed by atoms with Crippen LogP contribution in [0.1, 0.15) is 109 Å². The molecule has 320 valence electrons. The van der Waals surface area contributed by atoms with Crippen LogP contribution >= 0.6 is 0 Å². The van der Waals surface area contributed by atoms with Crippen LogP contribution in [0.15, 0.2) is 24.3 Å². The first-order chi connectivity index (χ1) is 26.6. The highest BCUT2D eigenvalue weighted by atomic mass is 16.8. The number of ketones is 1. The Balaban J connectivity index is 1.34. The van der Waals surface area contributed by atoms with Crippen LogP contribution in [0.4, 0.5) is 0 Å². The van der Waals surface area contributed by atoms with Gasteiger partial charge in [-0.2, -0.15) is 0 Å². The van der Waals surface area contributed by atoms with Crippen molar-refractivity contribution < 1.29 is 68.3 Å². The summed E-state index contributed by atoms with van der Waals surface area (Å²) in [6, 6.07) is 3.35. The average Bonchev–Trinajstić information content (AvgIpc) is 3.66. The van der Waals surface area contributed by atoms with Crippen LogP contribution in [-0.2, 0) is 38.0 Å². The Labute approximate surface area is 335 Å². The summed E-state index contributed by atoms with van der Waals surface area (Å²) < 4.78 is 37.8. The van der Waals surface area contributed by atoms with E-state index in [0.29, 0.717) is 24.0 Å². The zero-order chi connectivity index (χ0) is 42.5. The number of aliphatic hydroxyl groups excluding tert-OH is 3. The summed E-state index contributed by atoms with van der Waals surface area (Å²) in [5, 5.41) is 54.3. The molecule has 14 heteroatoms. The summed E-state index contributed by atoms with van der Waals surface area (Å²) in [4.78, 5) is 38.9. The lowest BCUT2D eigenvalue weighted by molar-refractivity contribution is -0.414. The number of carbonyl (C=O) groups excluding carboxylic acids is 2. The number of aromatic carboxylic acids is 1. The van der Waals surface area contributed by atoms with E-state index in [1.807, 2.05) is 34.6 Å². The first kappa shape index (κ1) is 45.1. The van der Waals surface area contributed by atoms with Gasteiger partial charge in [0.05, 0.1) is 37.1 Å². The molecule has 5 rings (SSSR count). The molecule has 2 unspecified atom stereocenters. The molecule has 4 aliphatic rings. The van der Waals surface area contributed by atoms with Gasteiger partial charge in [0, 0.05) is 37.2 Å². The second-order valence-corrected chi connectivity index (χ2v) is 17.5. The largest absolute Gasteiger partial charge is 0.507 e. The van der Waals surface area contributed by atoms with Gasteiger partial charge in [0.15, 0.2) is 11.9 Å². The van der Waals surface area contributed by atoms with Gasteiger partial charge in [-0.15, -0.1) is 0 Å². The van der Waals surface area contributed by atoms with E-state index >= 15 is 0 Å². The monoisotopic (exact) mass is 804 g/mol. The molecule has 3 saturated heterocycles. The number of benzene rings is 1. The van der Waals surface area contributed by atoms with E-state index in [0.717, 1.165) is 0 Å². The minimum atomic E-state index is -1.71. The number of aromatic hydroxyl groups is 1. The number of ether oxygens (including phenoxy) is 6. The molecule has 0 radical (unpaired) electrons. The molecule has 0 aromatic heterocycles. The fourth-order valence-electron chi connectivity index (χ4n) is 10.1. The van der Waals surface area contributed by atoms with Crippen molar-refractivity contribution in [3.63, 3.8) is 0 Å². The lowest BCUT2D eigenvalue weighted by Crippen LogP contribution is -2.64. The van der Waals surface area contributed by atoms with E-state index < -0.39 is 95.5 Å². The minimum Gasteiger partial charge on any atom is -0.507 e. The Bertz CT molecular complexity index is 1680. The Morgan fingerprint density at radius 1 is 1.04 bits per heavy atom. The highest BCUT2D eigenvalue weighted by Gasteiger charge is 2.70. The maximum Gasteiger partial charge on any atom is 0.339 e. The summed E-state index contributed by atoms with van der Waals surface area (Å²) in [7, 11) is 1.51. The van der Waals surface area contributed by atoms with Crippen LogP contribution in [0.3, 0.4) is 0 Å². The van der Waals surface area contributed by atoms with Gasteiger partial charge in [-0.3, -0.25) is 4.79 Å². The molecule has 2 spiro atoms. The number of aryl methyl sites for hydroxylation is 1. The van der Waals surface area contributed by atoms with Crippen molar-refractivity contribution in [2.75, 3.05) is 13.7 Å². The van der Waals surface area contributed by atoms with E-state index in [-0.39, 0.29) is 47.9 Å². The molecule has 1 aromatic carbocycles. The summed E-state index contributed by atoms with van der Waals surface area (Å²) in [5.41, 5.74) is -0.550. The quantitative estimate of drug-likeness (QED) is 0.136. The van der Waals surface area contributed by atoms with E-state index in [2.05, 4.69) is 0 Å². The SMILES string of the molecule is CCOC(=O)[C@H]1O[C@@H]([C@@]2(C)OC3(OC4(C=C[C@H]3O)O[C@H]([C@@H](C)C(=O)[C@@H](C)[C@@H](O)[C@H](C)C[C@H](C)c3ccc(C)c(O)c3C(=O)O)[C@@H](C)C[C@H]4C)[C@H](C)[C@H]2OC)C[C@H]1O. The van der Waals surface area contributed by atoms with Crippen LogP contribution in [0.25, 0.3) is 0 Å². The van der Waals surface area contributed by atoms with Gasteiger partial charge in [0.2, 0.25) is 5.79 Å². The molecule has 0 bridgehead atoms. The number of phenols is 1. The van der Waals surface area contributed by atoms with Gasteiger partial charge in [0.25, 0.3) is 0 Å². The molecule has 4 heterocycles. The smallest absolute Gasteiger partial charge is 0.339 e. The lowest BCUT2D eigenvalue weighted by atomic mass is 9.74. The molecule has 17 atom stereocenters. The number of hydrogen-bond acceptors (Lipinski definition) is 13. The standard InChI is InChI=1S/C43H64O14/c1-12-53-40(51)37-29(44)19-31(54-37)41(10)38(52-11)27(9)43(56-41)30(45)15-16-42(57-43)24(6)18-23(5)36(55-42)26(8)35(48)25(7)33(46)22(4)17-21(3)28-14-13-20(2)34(47)32(28)39(49)50/h13-16,21-27,29-31,33,36-38,44-47H,12,17-19H2,1-11H3,(H,49,50)/t21-,22+,23-,24+,25-,26-,27+,29+,30+,31+,33-,36-,37-,38+,41+,42?,43?/m0/s1. The van der Waals surface area contributed by atoms with Crippen LogP contribution in [0, 0.1) is 42.4 Å². The highest BCUT2D eigenvalue weighted by Crippen LogP contribution is 2.56. The highest BCUT2D eigenvalue weighted by molar-refractivity contribution is 5.93. The number of hydrogen-bond donors (Lipinski definition) is 5. The molecule has 3 fully saturated rings. The molecule has 14 nitrogen and oxygen atoms in total. The maximum absolute atomic E-state index is 14.2. The third-order valence-electron chi connectivity index (χ3n) is 13.5. The summed E-state index contributed by atoms with van der Waals surface area (Å²) >= 11 is 0. The Hall–Kier alpha value is -2.95. The van der Waals surface area contributed by atoms with Gasteiger partial charge in [0.1, 0.15) is 28.8 Å². The number of carbonyl (C=O) groups is 3. The van der Waals surface area contributed by atoms with Crippen LogP contribution in [-0.4, -0.2) is 117 Å². The van der Waals surface area contributed by atoms with Crippen molar-refractivity contribution in [1.82, 2.24) is 0 Å². The number of rotatable bonds is 13. The number of Topliss-reactive ketones (excluding diaryl/α,β-unsaturated/α-hetero) is 1. The van der Waals surface area contributed by atoms with Gasteiger partial charge in [-0.1, -0.05) is 60.6 Å². The van der Waals surface area contributed by atoms with Crippen molar-refractivity contribution >= 4 is 17.7 Å². The average molecular weight is 805 g/mol. The Morgan fingerprint density at radius 3 is 2.32 bits per heavy atom. The second-order valence-electron chi connectivity index (χ2n) is 17.5. The Morgan fingerprint density at radius 2 is 1.70 bits per heavy atom. The molecular weight excluding hydrogens is 740 g/mol. The summed E-state index contributed by atoms with van der Waals surface area (Å²) in [5.74, 6) is -8.73. The van der Waals surface area contributed by atoms with Crippen molar-refractivity contribution in [2.24, 2.45) is 35.5 Å². The fraction of sp³-hybridized carbons (Fsp3) is 0.744. The molecule has 0 saturated carbocycles. The normalized spacial score (nSPS) is 39.2. The van der Waals surface area contributed by atoms with Gasteiger partial charge >= 0.3 is 11.9 Å². The van der Waals surface area contributed by atoms with Crippen molar-refractivity contribution in [3.05, 3.63) is 41.0 Å². The van der Waals surface area contributed by atoms with Crippen LogP contribution in [0.5, 0.6) is 5.75 Å². The first-order valence-corrected chi connectivity index (χ1v) is 20.4. The molecular formula is C43H64O14. The van der Waals surface area contributed by atoms with E-state index in [1.165, 1.54) is 7.11 Å². The number of methoxy groups -OCH3 is 1. The lowest BCUT2D eigenvalue weighted by Gasteiger charge is -2.54. The van der Waals surface area contributed by atoms with Crippen LogP contribution < -0.4 is 0 Å². The Kier molecular flexibility index (Phi) is 13.4. The maximum atomic E-state index is 14.2. The van der Waals surface area contributed by atoms with Crippen molar-refractivity contribution in [3.8, 4) is 5.75 Å². The summed E-state index contributed by atoms with van der Waals surface area (Å²) in [6.45, 7) is 18.1. The van der Waals surface area contributed by atoms with Gasteiger partial charge < -0.3 is 54.0 Å². The number of aliphatic hydroxyl groups is 3. The first-order valence-electron chi connectivity index (χ1n) is 20.4. The van der Waals surface area contributed by atoms with Crippen molar-refractivity contribution in [1.29, 1.82) is 0 Å². The molecule has 0 amide bonds. The third kappa shape index (κ3) is 7.93. The number of carboxylic acids is 1. The van der Waals surface area contributed by atoms with Crippen LogP contribution in [0.2, 0.25) is 0 Å². The zero-order valence-corrected chi connectivity index (χ0v) is 35.1. The molecule has 5 N–H and O–H groups in total. The second kappa shape index (κ2) is 17.0. The molecule has 0 aliphatic carbocycles. The van der Waals surface area contributed by atoms with Crippen molar-refractivity contribution in [2.45, 2.75) is 154 Å². The topological polar surface area (TPSA) is 208 Å². The molecule has 4 aliphatic heterocycles. The molecule has 1 aromatic rings. The number of esters is 1. The number of carboxylic acid groups (broad SMARTS) is 1. The van der Waals surface area contributed by atoms with Gasteiger partial charge in [-0.25, -0.2) is 9.59 Å². The van der Waals surface area contributed by atoms with E-state index in [9.17, 15) is 39.9 Å². The zero-order valence-electron chi connectivity index (χ0n) is 35.1. The van der Waals surface area contributed by atoms with E-state index in [4.69, 9.17) is 28.4 Å². The fourth-order valence-corrected chi connectivity index (χ4v) is 10.1.